The van der Waals surface area contributed by atoms with E-state index in [0.29, 0.717) is 10.8 Å². The minimum atomic E-state index is 0.451. The van der Waals surface area contributed by atoms with E-state index in [-0.39, 0.29) is 0 Å². The molecule has 0 aliphatic heterocycles. The zero-order valence-electron chi connectivity index (χ0n) is 6.72. The maximum Gasteiger partial charge on any atom is -0.00209 e. The molecule has 54 valence electrons. The van der Waals surface area contributed by atoms with E-state index < -0.39 is 0 Å². The van der Waals surface area contributed by atoms with Gasteiger partial charge in [0.05, 0.1) is 0 Å². The van der Waals surface area contributed by atoms with E-state index in [1.54, 1.807) is 0 Å². The quantitative estimate of drug-likeness (QED) is 0.447. The van der Waals surface area contributed by atoms with Crippen molar-refractivity contribution >= 4 is 0 Å². The van der Waals surface area contributed by atoms with Crippen LogP contribution in [0, 0.1) is 10.8 Å². The van der Waals surface area contributed by atoms with Crippen LogP contribution in [0.5, 0.6) is 0 Å². The van der Waals surface area contributed by atoms with Gasteiger partial charge >= 0.3 is 0 Å². The number of hydrogen-bond acceptors (Lipinski definition) is 0. The molecule has 0 spiro atoms. The monoisotopic (exact) mass is 134 g/mol. The van der Waals surface area contributed by atoms with E-state index in [1.165, 1.54) is 12.8 Å². The molecule has 0 nitrogen and oxygen atoms in total. The van der Waals surface area contributed by atoms with Gasteiger partial charge in [-0.1, -0.05) is 38.2 Å². The van der Waals surface area contributed by atoms with Crippen LogP contribution >= 0.6 is 0 Å². The molecule has 0 unspecified atom stereocenters. The third kappa shape index (κ3) is 0.524. The van der Waals surface area contributed by atoms with Crippen LogP contribution in [0.4, 0.5) is 0 Å². The Balaban J connectivity index is 2.43. The highest BCUT2D eigenvalue weighted by atomic mass is 14.5. The molecule has 2 atom stereocenters. The van der Waals surface area contributed by atoms with E-state index >= 15 is 0 Å². The minimum absolute atomic E-state index is 0.451. The largest absolute Gasteiger partial charge is 0.0871 e. The van der Waals surface area contributed by atoms with Gasteiger partial charge < -0.3 is 0 Å². The summed E-state index contributed by atoms with van der Waals surface area (Å²) in [6.45, 7) is 4.72. The van der Waals surface area contributed by atoms with Crippen molar-refractivity contribution in [3.8, 4) is 0 Å². The fourth-order valence-corrected chi connectivity index (χ4v) is 2.11. The van der Waals surface area contributed by atoms with E-state index in [4.69, 9.17) is 0 Å². The van der Waals surface area contributed by atoms with Crippen molar-refractivity contribution in [3.63, 3.8) is 0 Å². The van der Waals surface area contributed by atoms with Gasteiger partial charge in [-0.05, 0) is 23.7 Å². The maximum absolute atomic E-state index is 2.38. The minimum Gasteiger partial charge on any atom is -0.0871 e. The average molecular weight is 134 g/mol. The van der Waals surface area contributed by atoms with Crippen molar-refractivity contribution in [2.75, 3.05) is 0 Å². The van der Waals surface area contributed by atoms with Gasteiger partial charge in [-0.15, -0.1) is 0 Å². The van der Waals surface area contributed by atoms with Gasteiger partial charge in [0, 0.05) is 0 Å². The van der Waals surface area contributed by atoms with E-state index in [0.717, 1.165) is 0 Å². The summed E-state index contributed by atoms with van der Waals surface area (Å²) in [4.78, 5) is 0. The molecule has 0 saturated heterocycles. The lowest BCUT2D eigenvalue weighted by molar-refractivity contribution is 0.231. The molecule has 0 N–H and O–H groups in total. The molecule has 0 saturated carbocycles. The Hall–Kier alpha value is -0.520. The van der Waals surface area contributed by atoms with Crippen molar-refractivity contribution in [2.45, 2.75) is 26.7 Å². The van der Waals surface area contributed by atoms with E-state index in [1.807, 2.05) is 0 Å². The second kappa shape index (κ2) is 1.55. The first kappa shape index (κ1) is 6.21. The molecular weight excluding hydrogens is 120 g/mol. The van der Waals surface area contributed by atoms with Crippen molar-refractivity contribution in [1.29, 1.82) is 0 Å². The van der Waals surface area contributed by atoms with Gasteiger partial charge in [-0.3, -0.25) is 0 Å². The van der Waals surface area contributed by atoms with Crippen molar-refractivity contribution in [1.82, 2.24) is 0 Å². The first-order valence-corrected chi connectivity index (χ1v) is 4.02. The number of fused-ring (bicyclic) bond motifs is 1. The Morgan fingerprint density at radius 3 is 1.70 bits per heavy atom. The molecule has 0 aromatic heterocycles. The second-order valence-corrected chi connectivity index (χ2v) is 4.05. The molecule has 0 amide bonds. The Morgan fingerprint density at radius 2 is 1.30 bits per heavy atom. The maximum atomic E-state index is 2.38. The number of hydrogen-bond donors (Lipinski definition) is 0. The van der Waals surface area contributed by atoms with Crippen LogP contribution < -0.4 is 0 Å². The summed E-state index contributed by atoms with van der Waals surface area (Å²) in [5, 5.41) is 0. The highest BCUT2D eigenvalue weighted by Crippen LogP contribution is 2.55. The fraction of sp³-hybridized carbons (Fsp3) is 0.600. The lowest BCUT2D eigenvalue weighted by Crippen LogP contribution is -2.26. The Kier molecular flexibility index (Phi) is 0.964. The standard InChI is InChI=1S/C10H14/c1-9-5-3-7-10(9,2)8-4-6-9/h3-5,8H,6-7H2,1-2H3/t9-,10+/m1/s1. The molecule has 10 heavy (non-hydrogen) atoms. The summed E-state index contributed by atoms with van der Waals surface area (Å²) in [5.74, 6) is 0. The SMILES string of the molecule is C[C@]12C=CC[C@@]1(C)C=CC2. The van der Waals surface area contributed by atoms with Crippen molar-refractivity contribution in [3.05, 3.63) is 24.3 Å². The van der Waals surface area contributed by atoms with Crippen LogP contribution in [0.25, 0.3) is 0 Å². The van der Waals surface area contributed by atoms with E-state index in [2.05, 4.69) is 38.2 Å². The molecule has 2 rings (SSSR count). The second-order valence-electron chi connectivity index (χ2n) is 4.05. The zero-order valence-corrected chi connectivity index (χ0v) is 6.72. The van der Waals surface area contributed by atoms with Gasteiger partial charge in [-0.25, -0.2) is 0 Å². The third-order valence-electron chi connectivity index (χ3n) is 3.36. The predicted molar refractivity (Wildman–Crippen MR) is 43.7 cm³/mol. The summed E-state index contributed by atoms with van der Waals surface area (Å²) < 4.78 is 0. The summed E-state index contributed by atoms with van der Waals surface area (Å²) >= 11 is 0. The fourth-order valence-electron chi connectivity index (χ4n) is 2.11. The van der Waals surface area contributed by atoms with Crippen LogP contribution in [-0.4, -0.2) is 0 Å². The Morgan fingerprint density at radius 1 is 0.900 bits per heavy atom. The molecule has 2 aliphatic rings. The average Bonchev–Trinajstić information content (AvgIpc) is 2.20. The van der Waals surface area contributed by atoms with Crippen LogP contribution in [0.2, 0.25) is 0 Å². The smallest absolute Gasteiger partial charge is 0.00209 e. The molecule has 0 bridgehead atoms. The molecule has 0 heteroatoms. The van der Waals surface area contributed by atoms with Crippen molar-refractivity contribution in [2.24, 2.45) is 10.8 Å². The molecule has 0 heterocycles. The first-order chi connectivity index (χ1) is 4.66. The van der Waals surface area contributed by atoms with Crippen molar-refractivity contribution < 1.29 is 0 Å². The van der Waals surface area contributed by atoms with Gasteiger partial charge in [0.25, 0.3) is 0 Å². The van der Waals surface area contributed by atoms with Gasteiger partial charge in [-0.2, -0.15) is 0 Å². The van der Waals surface area contributed by atoms with Gasteiger partial charge in [0.15, 0.2) is 0 Å². The first-order valence-electron chi connectivity index (χ1n) is 4.02. The van der Waals surface area contributed by atoms with Crippen LogP contribution in [-0.2, 0) is 0 Å². The molecular formula is C10H14. The summed E-state index contributed by atoms with van der Waals surface area (Å²) in [7, 11) is 0. The third-order valence-corrected chi connectivity index (χ3v) is 3.36. The summed E-state index contributed by atoms with van der Waals surface area (Å²) in [5.41, 5.74) is 0.903. The summed E-state index contributed by atoms with van der Waals surface area (Å²) in [6.07, 6.45) is 11.9. The summed E-state index contributed by atoms with van der Waals surface area (Å²) in [6, 6.07) is 0. The lowest BCUT2D eigenvalue weighted by Gasteiger charge is -2.33. The highest BCUT2D eigenvalue weighted by molar-refractivity contribution is 5.27. The topological polar surface area (TPSA) is 0 Å². The lowest BCUT2D eigenvalue weighted by atomic mass is 9.70. The van der Waals surface area contributed by atoms with E-state index in [9.17, 15) is 0 Å². The van der Waals surface area contributed by atoms with Crippen LogP contribution in [0.1, 0.15) is 26.7 Å². The Labute approximate surface area is 62.6 Å². The molecule has 0 aromatic rings. The predicted octanol–water partition coefficient (Wildman–Crippen LogP) is 2.92. The highest BCUT2D eigenvalue weighted by Gasteiger charge is 2.45. The Bertz CT molecular complexity index is 188. The molecule has 0 fully saturated rings. The number of allylic oxidation sites excluding steroid dienone is 4. The molecule has 0 aromatic carbocycles. The molecule has 2 aliphatic carbocycles. The zero-order chi connectivity index (χ0) is 7.24. The van der Waals surface area contributed by atoms with Crippen LogP contribution in [0.15, 0.2) is 24.3 Å². The molecule has 0 radical (unpaired) electrons. The van der Waals surface area contributed by atoms with Crippen LogP contribution in [0.3, 0.4) is 0 Å². The van der Waals surface area contributed by atoms with Gasteiger partial charge in [0.2, 0.25) is 0 Å². The van der Waals surface area contributed by atoms with Gasteiger partial charge in [0.1, 0.15) is 0 Å². The number of rotatable bonds is 0. The normalized spacial score (nSPS) is 50.2.